The van der Waals surface area contributed by atoms with Crippen LogP contribution in [0.5, 0.6) is 0 Å². The summed E-state index contributed by atoms with van der Waals surface area (Å²) in [5.41, 5.74) is 2.75. The summed E-state index contributed by atoms with van der Waals surface area (Å²) in [6.45, 7) is 4.51. The standard InChI is InChI=1S/C19H29N/c1-14(2)15-7-10-18(11-8-15)20-19-12-9-16-5-3-4-6-17(16)13-19/h7-8,10-11,14,16-17,19-20H,3-6,9,12-13H2,1-2H3. The molecule has 0 aromatic heterocycles. The fourth-order valence-corrected chi connectivity index (χ4v) is 4.20. The van der Waals surface area contributed by atoms with Gasteiger partial charge in [0.15, 0.2) is 0 Å². The molecular weight excluding hydrogens is 242 g/mol. The summed E-state index contributed by atoms with van der Waals surface area (Å²) in [4.78, 5) is 0. The van der Waals surface area contributed by atoms with Gasteiger partial charge in [0.05, 0.1) is 0 Å². The fourth-order valence-electron chi connectivity index (χ4n) is 4.20. The monoisotopic (exact) mass is 271 g/mol. The van der Waals surface area contributed by atoms with Crippen LogP contribution in [-0.2, 0) is 0 Å². The molecule has 0 aliphatic heterocycles. The number of anilines is 1. The molecule has 1 aromatic rings. The Bertz CT molecular complexity index is 420. The summed E-state index contributed by atoms with van der Waals surface area (Å²) < 4.78 is 0. The molecule has 3 atom stereocenters. The van der Waals surface area contributed by atoms with E-state index in [4.69, 9.17) is 0 Å². The summed E-state index contributed by atoms with van der Waals surface area (Å²) >= 11 is 0. The molecule has 2 aliphatic carbocycles. The molecule has 0 radical (unpaired) electrons. The molecule has 0 heterocycles. The average molecular weight is 271 g/mol. The van der Waals surface area contributed by atoms with Crippen molar-refractivity contribution in [2.75, 3.05) is 5.32 Å². The van der Waals surface area contributed by atoms with E-state index in [2.05, 4.69) is 43.4 Å². The quantitative estimate of drug-likeness (QED) is 0.756. The fraction of sp³-hybridized carbons (Fsp3) is 0.684. The molecule has 3 unspecified atom stereocenters. The van der Waals surface area contributed by atoms with Gasteiger partial charge >= 0.3 is 0 Å². The second-order valence-corrected chi connectivity index (χ2v) is 7.24. The van der Waals surface area contributed by atoms with Gasteiger partial charge in [-0.1, -0.05) is 51.7 Å². The van der Waals surface area contributed by atoms with Crippen LogP contribution >= 0.6 is 0 Å². The van der Waals surface area contributed by atoms with E-state index in [0.29, 0.717) is 12.0 Å². The topological polar surface area (TPSA) is 12.0 Å². The van der Waals surface area contributed by atoms with Crippen LogP contribution in [0.3, 0.4) is 0 Å². The van der Waals surface area contributed by atoms with Crippen molar-refractivity contribution in [1.29, 1.82) is 0 Å². The lowest BCUT2D eigenvalue weighted by atomic mass is 9.69. The summed E-state index contributed by atoms with van der Waals surface area (Å²) in [6, 6.07) is 9.79. The summed E-state index contributed by atoms with van der Waals surface area (Å²) in [5, 5.41) is 3.78. The van der Waals surface area contributed by atoms with Crippen LogP contribution in [-0.4, -0.2) is 6.04 Å². The Balaban J connectivity index is 1.57. The van der Waals surface area contributed by atoms with Gasteiger partial charge < -0.3 is 5.32 Å². The van der Waals surface area contributed by atoms with Crippen LogP contribution in [0.1, 0.15) is 70.3 Å². The molecule has 3 rings (SSSR count). The first-order valence-electron chi connectivity index (χ1n) is 8.59. The van der Waals surface area contributed by atoms with E-state index in [1.54, 1.807) is 0 Å². The minimum Gasteiger partial charge on any atom is -0.382 e. The van der Waals surface area contributed by atoms with Crippen molar-refractivity contribution < 1.29 is 0 Å². The summed E-state index contributed by atoms with van der Waals surface area (Å²) in [5.74, 6) is 2.68. The Morgan fingerprint density at radius 3 is 2.30 bits per heavy atom. The van der Waals surface area contributed by atoms with Gasteiger partial charge in [0.25, 0.3) is 0 Å². The molecule has 1 N–H and O–H groups in total. The molecule has 20 heavy (non-hydrogen) atoms. The van der Waals surface area contributed by atoms with Gasteiger partial charge in [-0.25, -0.2) is 0 Å². The molecule has 2 aliphatic rings. The van der Waals surface area contributed by atoms with Gasteiger partial charge in [-0.15, -0.1) is 0 Å². The highest BCUT2D eigenvalue weighted by Gasteiger charge is 2.31. The van der Waals surface area contributed by atoms with E-state index >= 15 is 0 Å². The second kappa shape index (κ2) is 6.20. The number of hydrogen-bond donors (Lipinski definition) is 1. The van der Waals surface area contributed by atoms with Crippen molar-refractivity contribution in [1.82, 2.24) is 0 Å². The van der Waals surface area contributed by atoms with Gasteiger partial charge in [-0.2, -0.15) is 0 Å². The minimum absolute atomic E-state index is 0.627. The zero-order chi connectivity index (χ0) is 13.9. The zero-order valence-corrected chi connectivity index (χ0v) is 13.1. The first-order chi connectivity index (χ1) is 9.72. The Morgan fingerprint density at radius 2 is 1.60 bits per heavy atom. The molecule has 0 saturated heterocycles. The molecule has 0 spiro atoms. The molecule has 0 bridgehead atoms. The molecule has 1 heteroatoms. The van der Waals surface area contributed by atoms with Crippen molar-refractivity contribution >= 4 is 5.69 Å². The van der Waals surface area contributed by atoms with Crippen LogP contribution < -0.4 is 5.32 Å². The van der Waals surface area contributed by atoms with Crippen molar-refractivity contribution in [2.24, 2.45) is 11.8 Å². The molecule has 1 aromatic carbocycles. The van der Waals surface area contributed by atoms with E-state index in [9.17, 15) is 0 Å². The van der Waals surface area contributed by atoms with Crippen LogP contribution in [0.4, 0.5) is 5.69 Å². The Labute approximate surface area is 124 Å². The first-order valence-corrected chi connectivity index (χ1v) is 8.59. The maximum atomic E-state index is 3.78. The maximum absolute atomic E-state index is 3.78. The third-order valence-electron chi connectivity index (χ3n) is 5.49. The molecule has 2 fully saturated rings. The maximum Gasteiger partial charge on any atom is 0.0342 e. The van der Waals surface area contributed by atoms with Crippen molar-refractivity contribution in [3.05, 3.63) is 29.8 Å². The molecule has 110 valence electrons. The van der Waals surface area contributed by atoms with Crippen molar-refractivity contribution in [2.45, 2.75) is 70.8 Å². The zero-order valence-electron chi connectivity index (χ0n) is 13.1. The van der Waals surface area contributed by atoms with Gasteiger partial charge in [-0.05, 0) is 54.7 Å². The molecule has 1 nitrogen and oxygen atoms in total. The SMILES string of the molecule is CC(C)c1ccc(NC2CCC3CCCCC3C2)cc1. The Morgan fingerprint density at radius 1 is 0.900 bits per heavy atom. The lowest BCUT2D eigenvalue weighted by Crippen LogP contribution is -2.34. The van der Waals surface area contributed by atoms with Gasteiger partial charge in [0, 0.05) is 11.7 Å². The van der Waals surface area contributed by atoms with Gasteiger partial charge in [0.2, 0.25) is 0 Å². The molecule has 2 saturated carbocycles. The van der Waals surface area contributed by atoms with Gasteiger partial charge in [0.1, 0.15) is 0 Å². The highest BCUT2D eigenvalue weighted by Crippen LogP contribution is 2.41. The number of rotatable bonds is 3. The van der Waals surface area contributed by atoms with Crippen molar-refractivity contribution in [3.8, 4) is 0 Å². The largest absolute Gasteiger partial charge is 0.382 e. The van der Waals surface area contributed by atoms with Gasteiger partial charge in [-0.3, -0.25) is 0 Å². The van der Waals surface area contributed by atoms with Crippen molar-refractivity contribution in [3.63, 3.8) is 0 Å². The smallest absolute Gasteiger partial charge is 0.0342 e. The first kappa shape index (κ1) is 14.0. The number of fused-ring (bicyclic) bond motifs is 1. The lowest BCUT2D eigenvalue weighted by molar-refractivity contribution is 0.162. The van der Waals surface area contributed by atoms with E-state index in [1.165, 1.54) is 56.2 Å². The highest BCUT2D eigenvalue weighted by molar-refractivity contribution is 5.46. The highest BCUT2D eigenvalue weighted by atomic mass is 14.9. The Kier molecular flexibility index (Phi) is 4.33. The number of benzene rings is 1. The van der Waals surface area contributed by atoms with E-state index in [0.717, 1.165) is 11.8 Å². The average Bonchev–Trinajstić information content (AvgIpc) is 2.48. The number of hydrogen-bond acceptors (Lipinski definition) is 1. The van der Waals surface area contributed by atoms with Crippen LogP contribution in [0.25, 0.3) is 0 Å². The predicted molar refractivity (Wildman–Crippen MR) is 87.2 cm³/mol. The van der Waals surface area contributed by atoms with E-state index in [1.807, 2.05) is 0 Å². The molecule has 0 amide bonds. The lowest BCUT2D eigenvalue weighted by Gasteiger charge is -2.39. The van der Waals surface area contributed by atoms with Crippen LogP contribution in [0.15, 0.2) is 24.3 Å². The second-order valence-electron chi connectivity index (χ2n) is 7.24. The third-order valence-corrected chi connectivity index (χ3v) is 5.49. The van der Waals surface area contributed by atoms with Crippen LogP contribution in [0, 0.1) is 11.8 Å². The summed E-state index contributed by atoms with van der Waals surface area (Å²) in [6.07, 6.45) is 10.2. The number of nitrogens with one attached hydrogen (secondary N) is 1. The third kappa shape index (κ3) is 3.19. The predicted octanol–water partition coefficient (Wildman–Crippen LogP) is 5.58. The van der Waals surface area contributed by atoms with Crippen LogP contribution in [0.2, 0.25) is 0 Å². The van der Waals surface area contributed by atoms with E-state index in [-0.39, 0.29) is 0 Å². The molecular formula is C19H29N. The summed E-state index contributed by atoms with van der Waals surface area (Å²) in [7, 11) is 0. The Hall–Kier alpha value is -0.980. The van der Waals surface area contributed by atoms with E-state index < -0.39 is 0 Å². The normalized spacial score (nSPS) is 30.1. The minimum atomic E-state index is 0.627.